The van der Waals surface area contributed by atoms with Crippen LogP contribution in [-0.2, 0) is 4.74 Å². The quantitative estimate of drug-likeness (QED) is 0.797. The van der Waals surface area contributed by atoms with E-state index in [0.717, 1.165) is 25.4 Å². The van der Waals surface area contributed by atoms with Gasteiger partial charge in [-0.25, -0.2) is 0 Å². The van der Waals surface area contributed by atoms with Crippen LogP contribution in [-0.4, -0.2) is 43.9 Å². The standard InChI is InChI=1S/C17H20N2O2/c1-19-15-9-14(10-16(19)12-20-11-15)13-3-5-17(6-4-13)21-8-2-7-18/h3-6,9,15-16H,2,8,10-12H2,1H3. The van der Waals surface area contributed by atoms with Gasteiger partial charge in [0.2, 0.25) is 0 Å². The number of hydrogen-bond donors (Lipinski definition) is 0. The van der Waals surface area contributed by atoms with Gasteiger partial charge in [0, 0.05) is 6.04 Å². The summed E-state index contributed by atoms with van der Waals surface area (Å²) in [4.78, 5) is 2.41. The topological polar surface area (TPSA) is 45.5 Å². The van der Waals surface area contributed by atoms with Gasteiger partial charge in [-0.15, -0.1) is 0 Å². The van der Waals surface area contributed by atoms with E-state index >= 15 is 0 Å². The Morgan fingerprint density at radius 3 is 2.86 bits per heavy atom. The second kappa shape index (κ2) is 6.30. The van der Waals surface area contributed by atoms with Crippen LogP contribution in [0.25, 0.3) is 5.57 Å². The summed E-state index contributed by atoms with van der Waals surface area (Å²) in [5.74, 6) is 0.825. The van der Waals surface area contributed by atoms with Gasteiger partial charge in [0.1, 0.15) is 12.4 Å². The minimum atomic E-state index is 0.388. The van der Waals surface area contributed by atoms with Crippen molar-refractivity contribution in [2.75, 3.05) is 26.9 Å². The van der Waals surface area contributed by atoms with Crippen LogP contribution in [0.3, 0.4) is 0 Å². The SMILES string of the molecule is CN1C2C=C(c3ccc(OCCC#N)cc3)CC1COC2. The average molecular weight is 284 g/mol. The van der Waals surface area contributed by atoms with E-state index in [1.54, 1.807) is 0 Å². The van der Waals surface area contributed by atoms with Gasteiger partial charge in [-0.2, -0.15) is 5.26 Å². The normalized spacial score (nSPS) is 25.0. The average Bonchev–Trinajstić information content (AvgIpc) is 2.48. The van der Waals surface area contributed by atoms with E-state index in [0.29, 0.717) is 25.1 Å². The molecule has 0 N–H and O–H groups in total. The molecule has 0 amide bonds. The third-order valence-electron chi connectivity index (χ3n) is 4.25. The van der Waals surface area contributed by atoms with Crippen LogP contribution in [0.2, 0.25) is 0 Å². The molecule has 110 valence electrons. The Labute approximate surface area is 125 Å². The highest BCUT2D eigenvalue weighted by Gasteiger charge is 2.32. The third-order valence-corrected chi connectivity index (χ3v) is 4.25. The van der Waals surface area contributed by atoms with Gasteiger partial charge >= 0.3 is 0 Å². The van der Waals surface area contributed by atoms with Gasteiger partial charge in [-0.05, 0) is 36.7 Å². The van der Waals surface area contributed by atoms with Crippen LogP contribution in [0.15, 0.2) is 30.3 Å². The summed E-state index contributed by atoms with van der Waals surface area (Å²) in [6, 6.07) is 11.1. The Morgan fingerprint density at radius 1 is 1.33 bits per heavy atom. The Balaban J connectivity index is 1.71. The highest BCUT2D eigenvalue weighted by Crippen LogP contribution is 2.32. The zero-order valence-electron chi connectivity index (χ0n) is 12.3. The highest BCUT2D eigenvalue weighted by molar-refractivity contribution is 5.68. The Kier molecular flexibility index (Phi) is 4.23. The fraction of sp³-hybridized carbons (Fsp3) is 0.471. The largest absolute Gasteiger partial charge is 0.493 e. The fourth-order valence-corrected chi connectivity index (χ4v) is 2.95. The monoisotopic (exact) mass is 284 g/mol. The van der Waals surface area contributed by atoms with E-state index in [9.17, 15) is 0 Å². The van der Waals surface area contributed by atoms with E-state index in [4.69, 9.17) is 14.7 Å². The molecule has 1 aromatic rings. The lowest BCUT2D eigenvalue weighted by molar-refractivity contribution is -0.0221. The van der Waals surface area contributed by atoms with Gasteiger partial charge in [0.05, 0.1) is 31.7 Å². The second-order valence-electron chi connectivity index (χ2n) is 5.60. The van der Waals surface area contributed by atoms with Crippen LogP contribution >= 0.6 is 0 Å². The number of nitrogens with zero attached hydrogens (tertiary/aromatic N) is 2. The van der Waals surface area contributed by atoms with Gasteiger partial charge in [0.15, 0.2) is 0 Å². The summed E-state index contributed by atoms with van der Waals surface area (Å²) in [6.07, 6.45) is 3.77. The lowest BCUT2D eigenvalue weighted by Crippen LogP contribution is -2.51. The number of morpholine rings is 1. The molecule has 2 aliphatic heterocycles. The molecular weight excluding hydrogens is 264 g/mol. The second-order valence-corrected chi connectivity index (χ2v) is 5.60. The third kappa shape index (κ3) is 3.10. The molecule has 1 saturated heterocycles. The predicted molar refractivity (Wildman–Crippen MR) is 80.9 cm³/mol. The maximum Gasteiger partial charge on any atom is 0.119 e. The zero-order valence-corrected chi connectivity index (χ0v) is 12.3. The van der Waals surface area contributed by atoms with E-state index < -0.39 is 0 Å². The molecule has 0 aliphatic carbocycles. The van der Waals surface area contributed by atoms with Gasteiger partial charge in [0.25, 0.3) is 0 Å². The van der Waals surface area contributed by atoms with Gasteiger partial charge in [-0.3, -0.25) is 4.90 Å². The molecule has 1 fully saturated rings. The van der Waals surface area contributed by atoms with Crippen LogP contribution in [0, 0.1) is 11.3 Å². The molecule has 21 heavy (non-hydrogen) atoms. The molecule has 2 unspecified atom stereocenters. The molecule has 0 spiro atoms. The first-order valence-electron chi connectivity index (χ1n) is 7.38. The lowest BCUT2D eigenvalue weighted by Gasteiger charge is -2.42. The maximum atomic E-state index is 8.51. The first-order valence-corrected chi connectivity index (χ1v) is 7.38. The predicted octanol–water partition coefficient (Wildman–Crippen LogP) is 2.47. The van der Waals surface area contributed by atoms with Crippen molar-refractivity contribution in [1.29, 1.82) is 5.26 Å². The summed E-state index contributed by atoms with van der Waals surface area (Å²) < 4.78 is 11.1. The van der Waals surface area contributed by atoms with Crippen molar-refractivity contribution in [3.05, 3.63) is 35.9 Å². The smallest absolute Gasteiger partial charge is 0.119 e. The Hall–Kier alpha value is -1.83. The molecule has 3 rings (SSSR count). The first-order chi connectivity index (χ1) is 10.3. The van der Waals surface area contributed by atoms with Crippen molar-refractivity contribution in [1.82, 2.24) is 4.90 Å². The molecule has 1 aromatic carbocycles. The number of hydrogen-bond acceptors (Lipinski definition) is 4. The number of rotatable bonds is 4. The molecule has 2 heterocycles. The summed E-state index contributed by atoms with van der Waals surface area (Å²) >= 11 is 0. The van der Waals surface area contributed by atoms with Crippen LogP contribution < -0.4 is 4.74 Å². The van der Waals surface area contributed by atoms with Crippen molar-refractivity contribution in [3.8, 4) is 11.8 Å². The number of benzene rings is 1. The van der Waals surface area contributed by atoms with Crippen molar-refractivity contribution in [2.24, 2.45) is 0 Å². The first kappa shape index (κ1) is 14.1. The van der Waals surface area contributed by atoms with Gasteiger partial charge in [-0.1, -0.05) is 18.2 Å². The summed E-state index contributed by atoms with van der Waals surface area (Å²) in [5, 5.41) is 8.51. The number of nitriles is 1. The van der Waals surface area contributed by atoms with E-state index in [1.807, 2.05) is 12.1 Å². The maximum absolute atomic E-state index is 8.51. The van der Waals surface area contributed by atoms with E-state index in [1.165, 1.54) is 11.1 Å². The van der Waals surface area contributed by atoms with Crippen molar-refractivity contribution >= 4 is 5.57 Å². The number of fused-ring (bicyclic) bond motifs is 2. The molecule has 0 saturated carbocycles. The Bertz CT molecular complexity index is 559. The van der Waals surface area contributed by atoms with Crippen LogP contribution in [0.5, 0.6) is 5.75 Å². The molecule has 4 nitrogen and oxygen atoms in total. The van der Waals surface area contributed by atoms with Crippen molar-refractivity contribution in [2.45, 2.75) is 24.9 Å². The zero-order chi connectivity index (χ0) is 14.7. The van der Waals surface area contributed by atoms with Crippen LogP contribution in [0.4, 0.5) is 0 Å². The van der Waals surface area contributed by atoms with E-state index in [2.05, 4.69) is 36.2 Å². The van der Waals surface area contributed by atoms with Crippen LogP contribution in [0.1, 0.15) is 18.4 Å². The molecule has 4 heteroatoms. The van der Waals surface area contributed by atoms with E-state index in [-0.39, 0.29) is 0 Å². The number of ether oxygens (including phenoxy) is 2. The minimum Gasteiger partial charge on any atom is -0.493 e. The summed E-state index contributed by atoms with van der Waals surface area (Å²) in [5.41, 5.74) is 2.66. The summed E-state index contributed by atoms with van der Waals surface area (Å²) in [7, 11) is 2.18. The molecule has 2 aliphatic rings. The molecule has 2 atom stereocenters. The number of likely N-dealkylation sites (N-methyl/N-ethyl adjacent to an activating group) is 1. The molecule has 0 aromatic heterocycles. The van der Waals surface area contributed by atoms with Crippen molar-refractivity contribution < 1.29 is 9.47 Å². The lowest BCUT2D eigenvalue weighted by atomic mass is 9.90. The minimum absolute atomic E-state index is 0.388. The molecule has 0 radical (unpaired) electrons. The van der Waals surface area contributed by atoms with Crippen molar-refractivity contribution in [3.63, 3.8) is 0 Å². The fourth-order valence-electron chi connectivity index (χ4n) is 2.95. The highest BCUT2D eigenvalue weighted by atomic mass is 16.5. The van der Waals surface area contributed by atoms with Gasteiger partial charge < -0.3 is 9.47 Å². The summed E-state index contributed by atoms with van der Waals surface area (Å²) in [6.45, 7) is 2.05. The Morgan fingerprint density at radius 2 is 2.14 bits per heavy atom. The molecular formula is C17H20N2O2. The molecule has 2 bridgehead atoms.